The second-order valence-corrected chi connectivity index (χ2v) is 5.49. The molecule has 0 fully saturated rings. The van der Waals surface area contributed by atoms with E-state index < -0.39 is 5.91 Å². The molecule has 1 amide bonds. The monoisotopic (exact) mass is 349 g/mol. The SMILES string of the molecule is COCCOCCNC(=O)c1cc(-c2ccccc2)cc(Cl)c1O. The van der Waals surface area contributed by atoms with Crippen molar-refractivity contribution < 1.29 is 19.4 Å². The third kappa shape index (κ3) is 4.96. The third-order valence-corrected chi connectivity index (χ3v) is 3.67. The molecule has 0 aliphatic rings. The summed E-state index contributed by atoms with van der Waals surface area (Å²) in [5, 5.41) is 12.9. The van der Waals surface area contributed by atoms with E-state index in [4.69, 9.17) is 21.1 Å². The number of amides is 1. The van der Waals surface area contributed by atoms with E-state index in [2.05, 4.69) is 5.32 Å². The van der Waals surface area contributed by atoms with Crippen molar-refractivity contribution in [3.05, 3.63) is 53.1 Å². The molecule has 2 rings (SSSR count). The fourth-order valence-corrected chi connectivity index (χ4v) is 2.37. The van der Waals surface area contributed by atoms with E-state index in [0.717, 1.165) is 11.1 Å². The van der Waals surface area contributed by atoms with Crippen molar-refractivity contribution in [2.45, 2.75) is 0 Å². The van der Waals surface area contributed by atoms with Gasteiger partial charge in [0.2, 0.25) is 0 Å². The van der Waals surface area contributed by atoms with Crippen molar-refractivity contribution >= 4 is 17.5 Å². The van der Waals surface area contributed by atoms with Crippen LogP contribution in [-0.2, 0) is 9.47 Å². The van der Waals surface area contributed by atoms with Crippen LogP contribution in [-0.4, -0.2) is 44.5 Å². The highest BCUT2D eigenvalue weighted by Gasteiger charge is 2.16. The van der Waals surface area contributed by atoms with E-state index >= 15 is 0 Å². The van der Waals surface area contributed by atoms with Gasteiger partial charge in [-0.15, -0.1) is 0 Å². The van der Waals surface area contributed by atoms with Crippen LogP contribution in [0, 0.1) is 0 Å². The zero-order chi connectivity index (χ0) is 17.4. The number of carbonyl (C=O) groups excluding carboxylic acids is 1. The number of carbonyl (C=O) groups is 1. The van der Waals surface area contributed by atoms with Crippen LogP contribution in [0.1, 0.15) is 10.4 Å². The molecule has 24 heavy (non-hydrogen) atoms. The fraction of sp³-hybridized carbons (Fsp3) is 0.278. The van der Waals surface area contributed by atoms with Crippen LogP contribution >= 0.6 is 11.6 Å². The molecule has 0 aliphatic heterocycles. The van der Waals surface area contributed by atoms with Gasteiger partial charge in [-0.3, -0.25) is 4.79 Å². The van der Waals surface area contributed by atoms with Crippen LogP contribution in [0.2, 0.25) is 5.02 Å². The summed E-state index contributed by atoms with van der Waals surface area (Å²) in [5.41, 5.74) is 1.81. The normalized spacial score (nSPS) is 10.6. The summed E-state index contributed by atoms with van der Waals surface area (Å²) in [6.45, 7) is 1.66. The topological polar surface area (TPSA) is 67.8 Å². The maximum Gasteiger partial charge on any atom is 0.255 e. The third-order valence-electron chi connectivity index (χ3n) is 3.38. The van der Waals surface area contributed by atoms with Crippen LogP contribution in [0.15, 0.2) is 42.5 Å². The Kier molecular flexibility index (Phi) is 7.06. The Hall–Kier alpha value is -2.08. The van der Waals surface area contributed by atoms with E-state index in [-0.39, 0.29) is 16.3 Å². The maximum absolute atomic E-state index is 12.3. The lowest BCUT2D eigenvalue weighted by Gasteiger charge is -2.11. The summed E-state index contributed by atoms with van der Waals surface area (Å²) in [6.07, 6.45) is 0. The standard InChI is InChI=1S/C18H20ClNO4/c1-23-9-10-24-8-7-20-18(22)15-11-14(12-16(19)17(15)21)13-5-3-2-4-6-13/h2-6,11-12,21H,7-10H2,1H3,(H,20,22). The first-order valence-corrected chi connectivity index (χ1v) is 7.94. The Morgan fingerprint density at radius 3 is 2.58 bits per heavy atom. The van der Waals surface area contributed by atoms with Crippen LogP contribution in [0.3, 0.4) is 0 Å². The molecule has 0 radical (unpaired) electrons. The van der Waals surface area contributed by atoms with Gasteiger partial charge in [0.05, 0.1) is 30.4 Å². The Labute approximate surface area is 146 Å². The molecule has 128 valence electrons. The average molecular weight is 350 g/mol. The number of nitrogens with one attached hydrogen (secondary N) is 1. The highest BCUT2D eigenvalue weighted by Crippen LogP contribution is 2.33. The minimum Gasteiger partial charge on any atom is -0.506 e. The number of methoxy groups -OCH3 is 1. The molecular formula is C18H20ClNO4. The summed E-state index contributed by atoms with van der Waals surface area (Å²) in [5.74, 6) is -0.628. The van der Waals surface area contributed by atoms with Gasteiger partial charge < -0.3 is 19.9 Å². The molecule has 0 atom stereocenters. The van der Waals surface area contributed by atoms with Gasteiger partial charge in [0.25, 0.3) is 5.91 Å². The molecule has 0 spiro atoms. The summed E-state index contributed by atoms with van der Waals surface area (Å²) in [4.78, 5) is 12.3. The summed E-state index contributed by atoms with van der Waals surface area (Å²) >= 11 is 6.06. The summed E-state index contributed by atoms with van der Waals surface area (Å²) in [7, 11) is 1.59. The van der Waals surface area contributed by atoms with Gasteiger partial charge >= 0.3 is 0 Å². The highest BCUT2D eigenvalue weighted by atomic mass is 35.5. The van der Waals surface area contributed by atoms with E-state index in [1.807, 2.05) is 30.3 Å². The first-order valence-electron chi connectivity index (χ1n) is 7.56. The van der Waals surface area contributed by atoms with Crippen LogP contribution in [0.25, 0.3) is 11.1 Å². The zero-order valence-corrected chi connectivity index (χ0v) is 14.2. The number of aromatic hydroxyl groups is 1. The Morgan fingerprint density at radius 1 is 1.12 bits per heavy atom. The Balaban J connectivity index is 2.06. The number of rotatable bonds is 8. The second kappa shape index (κ2) is 9.27. The molecular weight excluding hydrogens is 330 g/mol. The molecule has 2 aromatic carbocycles. The minimum atomic E-state index is -0.400. The number of phenols is 1. The fourth-order valence-electron chi connectivity index (χ4n) is 2.15. The van der Waals surface area contributed by atoms with Crippen molar-refractivity contribution in [1.29, 1.82) is 0 Å². The van der Waals surface area contributed by atoms with Crippen molar-refractivity contribution in [2.24, 2.45) is 0 Å². The smallest absolute Gasteiger partial charge is 0.255 e. The lowest BCUT2D eigenvalue weighted by Crippen LogP contribution is -2.27. The van der Waals surface area contributed by atoms with Gasteiger partial charge in [0, 0.05) is 13.7 Å². The van der Waals surface area contributed by atoms with E-state index in [1.165, 1.54) is 0 Å². The average Bonchev–Trinajstić information content (AvgIpc) is 2.60. The second-order valence-electron chi connectivity index (χ2n) is 5.08. The van der Waals surface area contributed by atoms with E-state index in [9.17, 15) is 9.90 Å². The quantitative estimate of drug-likeness (QED) is 0.719. The van der Waals surface area contributed by atoms with Crippen molar-refractivity contribution in [3.63, 3.8) is 0 Å². The predicted molar refractivity (Wildman–Crippen MR) is 93.6 cm³/mol. The van der Waals surface area contributed by atoms with E-state index in [0.29, 0.717) is 26.4 Å². The van der Waals surface area contributed by atoms with Crippen molar-refractivity contribution in [1.82, 2.24) is 5.32 Å². The largest absolute Gasteiger partial charge is 0.506 e. The first-order chi connectivity index (χ1) is 11.6. The van der Waals surface area contributed by atoms with Gasteiger partial charge in [-0.25, -0.2) is 0 Å². The molecule has 0 aliphatic carbocycles. The number of benzene rings is 2. The number of ether oxygens (including phenoxy) is 2. The Bertz CT molecular complexity index is 676. The van der Waals surface area contributed by atoms with Gasteiger partial charge in [-0.2, -0.15) is 0 Å². The molecule has 2 aromatic rings. The van der Waals surface area contributed by atoms with Gasteiger partial charge in [-0.05, 0) is 23.3 Å². The summed E-state index contributed by atoms with van der Waals surface area (Å²) in [6, 6.07) is 12.8. The molecule has 0 saturated carbocycles. The first kappa shape index (κ1) is 18.3. The molecule has 0 unspecified atom stereocenters. The van der Waals surface area contributed by atoms with Crippen LogP contribution < -0.4 is 5.32 Å². The van der Waals surface area contributed by atoms with Crippen molar-refractivity contribution in [3.8, 4) is 16.9 Å². The summed E-state index contributed by atoms with van der Waals surface area (Å²) < 4.78 is 10.1. The highest BCUT2D eigenvalue weighted by molar-refractivity contribution is 6.33. The number of hydrogen-bond acceptors (Lipinski definition) is 4. The predicted octanol–water partition coefficient (Wildman–Crippen LogP) is 3.11. The van der Waals surface area contributed by atoms with Gasteiger partial charge in [-0.1, -0.05) is 41.9 Å². The lowest BCUT2D eigenvalue weighted by molar-refractivity contribution is 0.0692. The minimum absolute atomic E-state index is 0.137. The number of halogens is 1. The van der Waals surface area contributed by atoms with E-state index in [1.54, 1.807) is 19.2 Å². The molecule has 0 aromatic heterocycles. The Morgan fingerprint density at radius 2 is 1.88 bits per heavy atom. The molecule has 2 N–H and O–H groups in total. The van der Waals surface area contributed by atoms with Gasteiger partial charge in [0.15, 0.2) is 0 Å². The molecule has 0 saturated heterocycles. The zero-order valence-electron chi connectivity index (χ0n) is 13.4. The molecule has 6 heteroatoms. The lowest BCUT2D eigenvalue weighted by atomic mass is 10.0. The number of phenolic OH excluding ortho intramolecular Hbond substituents is 1. The molecule has 0 heterocycles. The van der Waals surface area contributed by atoms with Crippen LogP contribution in [0.4, 0.5) is 0 Å². The molecule has 5 nitrogen and oxygen atoms in total. The number of hydrogen-bond donors (Lipinski definition) is 2. The maximum atomic E-state index is 12.3. The van der Waals surface area contributed by atoms with Crippen LogP contribution in [0.5, 0.6) is 5.75 Å². The molecule has 0 bridgehead atoms. The van der Waals surface area contributed by atoms with Gasteiger partial charge in [0.1, 0.15) is 5.75 Å². The van der Waals surface area contributed by atoms with Crippen molar-refractivity contribution in [2.75, 3.05) is 33.5 Å².